The van der Waals surface area contributed by atoms with E-state index in [1.165, 1.54) is 49.6 Å². The number of carbonyl (C=O) groups excluding carboxylic acids is 1. The van der Waals surface area contributed by atoms with E-state index in [0.29, 0.717) is 17.4 Å². The third-order valence-electron chi connectivity index (χ3n) is 7.74. The summed E-state index contributed by atoms with van der Waals surface area (Å²) in [6.07, 6.45) is 11.9. The summed E-state index contributed by atoms with van der Waals surface area (Å²) >= 11 is 0. The van der Waals surface area contributed by atoms with Crippen LogP contribution in [-0.4, -0.2) is 12.6 Å². The summed E-state index contributed by atoms with van der Waals surface area (Å²) < 4.78 is 54.5. The van der Waals surface area contributed by atoms with Crippen molar-refractivity contribution in [3.8, 4) is 11.5 Å². The number of esters is 1. The van der Waals surface area contributed by atoms with E-state index in [0.717, 1.165) is 44.1 Å². The topological polar surface area (TPSA) is 35.5 Å². The van der Waals surface area contributed by atoms with Crippen LogP contribution in [-0.2, 0) is 0 Å². The van der Waals surface area contributed by atoms with Gasteiger partial charge in [-0.3, -0.25) is 0 Å². The van der Waals surface area contributed by atoms with Gasteiger partial charge in [-0.1, -0.05) is 31.2 Å². The summed E-state index contributed by atoms with van der Waals surface area (Å²) in [6, 6.07) is 6.36. The number of hydrogen-bond acceptors (Lipinski definition) is 3. The van der Waals surface area contributed by atoms with Crippen molar-refractivity contribution < 1.29 is 27.4 Å². The van der Waals surface area contributed by atoms with Gasteiger partial charge in [0.05, 0.1) is 5.56 Å². The highest BCUT2D eigenvalue weighted by Crippen LogP contribution is 2.49. The first-order valence-corrected chi connectivity index (χ1v) is 12.8. The third-order valence-corrected chi connectivity index (χ3v) is 7.74. The Morgan fingerprint density at radius 2 is 1.72 bits per heavy atom. The highest BCUT2D eigenvalue weighted by atomic mass is 19.2. The maximum atomic E-state index is 15.1. The molecule has 0 radical (unpaired) electrons. The van der Waals surface area contributed by atoms with Gasteiger partial charge in [-0.15, -0.1) is 6.58 Å². The lowest BCUT2D eigenvalue weighted by Crippen LogP contribution is -2.30. The van der Waals surface area contributed by atoms with Crippen molar-refractivity contribution in [1.82, 2.24) is 0 Å². The van der Waals surface area contributed by atoms with Crippen LogP contribution in [0.3, 0.4) is 0 Å². The number of hydrogen-bond donors (Lipinski definition) is 0. The Bertz CT molecular complexity index is 1110. The smallest absolute Gasteiger partial charge is 0.346 e. The average molecular weight is 499 g/mol. The van der Waals surface area contributed by atoms with Gasteiger partial charge in [0, 0.05) is 6.07 Å². The molecule has 4 unspecified atom stereocenters. The van der Waals surface area contributed by atoms with Crippen molar-refractivity contribution in [2.45, 2.75) is 57.3 Å². The van der Waals surface area contributed by atoms with E-state index in [-0.39, 0.29) is 24.0 Å². The Labute approximate surface area is 211 Å². The summed E-state index contributed by atoms with van der Waals surface area (Å²) in [4.78, 5) is 12.5. The molecule has 0 amide bonds. The van der Waals surface area contributed by atoms with Gasteiger partial charge in [0.2, 0.25) is 0 Å². The Morgan fingerprint density at radius 3 is 2.47 bits per heavy atom. The van der Waals surface area contributed by atoms with E-state index in [9.17, 15) is 13.6 Å². The molecule has 3 nitrogen and oxygen atoms in total. The third kappa shape index (κ3) is 5.85. The van der Waals surface area contributed by atoms with Crippen molar-refractivity contribution in [1.29, 1.82) is 0 Å². The van der Waals surface area contributed by atoms with Crippen LogP contribution < -0.4 is 9.47 Å². The second-order valence-electron chi connectivity index (χ2n) is 9.99. The Balaban J connectivity index is 1.41. The van der Waals surface area contributed by atoms with Crippen molar-refractivity contribution in [2.75, 3.05) is 6.61 Å². The molecule has 2 aliphatic carbocycles. The molecule has 2 aliphatic rings. The van der Waals surface area contributed by atoms with Crippen LogP contribution in [0.4, 0.5) is 13.2 Å². The van der Waals surface area contributed by atoms with Crippen molar-refractivity contribution in [3.63, 3.8) is 0 Å². The number of rotatable bonds is 9. The molecule has 192 valence electrons. The molecule has 2 aromatic rings. The molecule has 0 saturated heterocycles. The summed E-state index contributed by atoms with van der Waals surface area (Å²) in [6.45, 7) is 7.43. The molecule has 2 fully saturated rings. The largest absolute Gasteiger partial charge is 0.486 e. The van der Waals surface area contributed by atoms with Crippen LogP contribution in [0, 0.1) is 35.2 Å². The van der Waals surface area contributed by atoms with Crippen molar-refractivity contribution >= 4 is 5.97 Å². The maximum Gasteiger partial charge on any atom is 0.346 e. The predicted octanol–water partition coefficient (Wildman–Crippen LogP) is 8.15. The Hall–Kier alpha value is -3.02. The lowest BCUT2D eigenvalue weighted by Gasteiger charge is -2.42. The van der Waals surface area contributed by atoms with Crippen LogP contribution in [0.5, 0.6) is 11.5 Å². The van der Waals surface area contributed by atoms with Gasteiger partial charge < -0.3 is 9.47 Å². The number of fused-ring (bicyclic) bond motifs is 1. The van der Waals surface area contributed by atoms with E-state index in [4.69, 9.17) is 9.47 Å². The molecule has 2 saturated carbocycles. The zero-order valence-corrected chi connectivity index (χ0v) is 20.5. The molecule has 0 spiro atoms. The fraction of sp³-hybridized carbons (Fsp3) is 0.433. The molecular formula is C30H33F3O3. The van der Waals surface area contributed by atoms with Gasteiger partial charge in [-0.2, -0.15) is 0 Å². The van der Waals surface area contributed by atoms with Gasteiger partial charge in [0.1, 0.15) is 12.4 Å². The first-order chi connectivity index (χ1) is 17.4. The van der Waals surface area contributed by atoms with E-state index in [1.807, 2.05) is 6.08 Å². The lowest BCUT2D eigenvalue weighted by atomic mass is 9.63. The molecule has 0 N–H and O–H groups in total. The van der Waals surface area contributed by atoms with Crippen molar-refractivity contribution in [3.05, 3.63) is 84.2 Å². The normalized spacial score (nSPS) is 23.4. The minimum absolute atomic E-state index is 0.0313. The number of halogens is 3. The summed E-state index contributed by atoms with van der Waals surface area (Å²) in [7, 11) is 0. The molecule has 0 aliphatic heterocycles. The van der Waals surface area contributed by atoms with Gasteiger partial charge >= 0.3 is 5.97 Å². The van der Waals surface area contributed by atoms with Crippen LogP contribution >= 0.6 is 0 Å². The molecule has 36 heavy (non-hydrogen) atoms. The Kier molecular flexibility index (Phi) is 8.55. The van der Waals surface area contributed by atoms with Crippen LogP contribution in [0.25, 0.3) is 0 Å². The number of ether oxygens (including phenoxy) is 2. The average Bonchev–Trinajstić information content (AvgIpc) is 2.88. The first kappa shape index (κ1) is 26.1. The molecule has 0 bridgehead atoms. The molecule has 4 atom stereocenters. The fourth-order valence-electron chi connectivity index (χ4n) is 5.89. The predicted molar refractivity (Wildman–Crippen MR) is 134 cm³/mol. The molecule has 0 heterocycles. The molecular weight excluding hydrogens is 465 g/mol. The quantitative estimate of drug-likeness (QED) is 0.199. The van der Waals surface area contributed by atoms with Crippen molar-refractivity contribution in [2.24, 2.45) is 17.8 Å². The second-order valence-corrected chi connectivity index (χ2v) is 9.99. The zero-order valence-electron chi connectivity index (χ0n) is 20.5. The zero-order chi connectivity index (χ0) is 25.7. The summed E-state index contributed by atoms with van der Waals surface area (Å²) in [5, 5.41) is 0. The maximum absolute atomic E-state index is 15.1. The molecule has 6 heteroatoms. The summed E-state index contributed by atoms with van der Waals surface area (Å²) in [5.74, 6) is -2.34. The molecule has 2 aromatic carbocycles. The molecule has 0 aromatic heterocycles. The Morgan fingerprint density at radius 1 is 0.944 bits per heavy atom. The first-order valence-electron chi connectivity index (χ1n) is 12.8. The van der Waals surface area contributed by atoms with E-state index in [2.05, 4.69) is 13.2 Å². The highest BCUT2D eigenvalue weighted by Gasteiger charge is 2.37. The van der Waals surface area contributed by atoms with Gasteiger partial charge in [-0.25, -0.2) is 18.0 Å². The number of benzene rings is 2. The standard InChI is InChI=1S/C30H33F3O3/c1-3-5-6-19-7-8-21-17-22(10-9-20(21)16-19)24-12-13-25(29(33)28(24)32)30(34)36-23-11-14-27(26(31)18-23)35-15-4-2/h3-4,11-14,18-22H,1-2,5-10,15-17H2. The number of carbonyl (C=O) groups is 1. The molecule has 4 rings (SSSR count). The lowest BCUT2D eigenvalue weighted by molar-refractivity contribution is 0.0727. The summed E-state index contributed by atoms with van der Waals surface area (Å²) in [5.41, 5.74) is -0.189. The minimum Gasteiger partial charge on any atom is -0.486 e. The van der Waals surface area contributed by atoms with E-state index >= 15 is 4.39 Å². The highest BCUT2D eigenvalue weighted by molar-refractivity contribution is 5.91. The van der Waals surface area contributed by atoms with E-state index < -0.39 is 29.0 Å². The second kappa shape index (κ2) is 11.8. The van der Waals surface area contributed by atoms with E-state index in [1.54, 1.807) is 0 Å². The van der Waals surface area contributed by atoms with Crippen LogP contribution in [0.1, 0.15) is 73.2 Å². The van der Waals surface area contributed by atoms with Crippen LogP contribution in [0.15, 0.2) is 55.6 Å². The fourth-order valence-corrected chi connectivity index (χ4v) is 5.89. The number of allylic oxidation sites excluding steroid dienone is 1. The SMILES string of the molecule is C=CCCC1CCC2CC(c3ccc(C(=O)Oc4ccc(OCC=C)c(F)c4)c(F)c3F)CCC2C1. The van der Waals surface area contributed by atoms with Gasteiger partial charge in [-0.05, 0) is 92.4 Å². The monoisotopic (exact) mass is 498 g/mol. The minimum atomic E-state index is -1.22. The van der Waals surface area contributed by atoms with Crippen LogP contribution in [0.2, 0.25) is 0 Å². The van der Waals surface area contributed by atoms with Gasteiger partial charge in [0.15, 0.2) is 23.2 Å². The van der Waals surface area contributed by atoms with Gasteiger partial charge in [0.25, 0.3) is 0 Å².